The van der Waals surface area contributed by atoms with Crippen molar-refractivity contribution in [1.82, 2.24) is 9.97 Å². The van der Waals surface area contributed by atoms with Gasteiger partial charge in [-0.2, -0.15) is 0 Å². The molecule has 0 bridgehead atoms. The van der Waals surface area contributed by atoms with Gasteiger partial charge < -0.3 is 0 Å². The number of carbonyl (C=O) groups is 1. The number of ketones is 1. The van der Waals surface area contributed by atoms with Crippen LogP contribution in [0.25, 0.3) is 22.5 Å². The molecule has 0 aliphatic heterocycles. The molecule has 0 amide bonds. The minimum atomic E-state index is -2.85. The Hall–Kier alpha value is -3.44. The number of aromatic nitrogens is 2. The number of halogens is 3. The van der Waals surface area contributed by atoms with Crippen molar-refractivity contribution in [2.24, 2.45) is 0 Å². The summed E-state index contributed by atoms with van der Waals surface area (Å²) in [7, 11) is 0. The summed E-state index contributed by atoms with van der Waals surface area (Å²) in [5, 5.41) is 0.651. The third kappa shape index (κ3) is 5.54. The summed E-state index contributed by atoms with van der Waals surface area (Å²) in [6.07, 6.45) is 3.50. The molecule has 0 aliphatic rings. The molecule has 6 heteroatoms. The molecule has 3 nitrogen and oxygen atoms in total. The van der Waals surface area contributed by atoms with Crippen LogP contribution in [0.5, 0.6) is 0 Å². The molecule has 0 fully saturated rings. The Morgan fingerprint density at radius 2 is 1.21 bits per heavy atom. The van der Waals surface area contributed by atoms with Gasteiger partial charge in [0.25, 0.3) is 5.92 Å². The highest BCUT2D eigenvalue weighted by atomic mass is 35.5. The molecule has 1 aromatic heterocycles. The number of hydrogen-bond acceptors (Lipinski definition) is 3. The van der Waals surface area contributed by atoms with Gasteiger partial charge in [-0.05, 0) is 23.3 Å². The Bertz CT molecular complexity index is 1270. The van der Waals surface area contributed by atoms with Gasteiger partial charge in [0.15, 0.2) is 0 Å². The molecule has 0 N–H and O–H groups in total. The van der Waals surface area contributed by atoms with Crippen LogP contribution < -0.4 is 0 Å². The molecule has 0 unspecified atom stereocenters. The van der Waals surface area contributed by atoms with E-state index in [2.05, 4.69) is 9.97 Å². The lowest BCUT2D eigenvalue weighted by Crippen LogP contribution is -2.12. The zero-order valence-corrected chi connectivity index (χ0v) is 19.4. The Labute approximate surface area is 202 Å². The first-order valence-corrected chi connectivity index (χ1v) is 11.4. The SMILES string of the molecule is CCC(F)(F)c1ccc(CC(=O)Cc2ccc(-c3nccnc3-c3ccc(Cl)cc3)cc2)cc1. The molecule has 0 spiro atoms. The van der Waals surface area contributed by atoms with Crippen molar-refractivity contribution in [2.45, 2.75) is 32.1 Å². The summed E-state index contributed by atoms with van der Waals surface area (Å²) < 4.78 is 27.6. The lowest BCUT2D eigenvalue weighted by atomic mass is 9.98. The van der Waals surface area contributed by atoms with Gasteiger partial charge in [0, 0.05) is 53.4 Å². The highest BCUT2D eigenvalue weighted by Gasteiger charge is 2.28. The molecule has 34 heavy (non-hydrogen) atoms. The van der Waals surface area contributed by atoms with Crippen LogP contribution in [-0.4, -0.2) is 15.8 Å². The molecular formula is C28H23ClF2N2O. The maximum atomic E-state index is 13.8. The Morgan fingerprint density at radius 3 is 1.68 bits per heavy atom. The lowest BCUT2D eigenvalue weighted by molar-refractivity contribution is -0.117. The minimum absolute atomic E-state index is 0.0177. The largest absolute Gasteiger partial charge is 0.299 e. The van der Waals surface area contributed by atoms with Gasteiger partial charge in [-0.3, -0.25) is 14.8 Å². The zero-order valence-electron chi connectivity index (χ0n) is 18.6. The number of benzene rings is 3. The number of carbonyl (C=O) groups excluding carboxylic acids is 1. The summed E-state index contributed by atoms with van der Waals surface area (Å²) in [4.78, 5) is 21.6. The fourth-order valence-electron chi connectivity index (χ4n) is 3.74. The van der Waals surface area contributed by atoms with Gasteiger partial charge >= 0.3 is 0 Å². The van der Waals surface area contributed by atoms with Crippen molar-refractivity contribution < 1.29 is 13.6 Å². The van der Waals surface area contributed by atoms with Crippen molar-refractivity contribution >= 4 is 17.4 Å². The predicted molar refractivity (Wildman–Crippen MR) is 131 cm³/mol. The van der Waals surface area contributed by atoms with E-state index in [-0.39, 0.29) is 30.6 Å². The summed E-state index contributed by atoms with van der Waals surface area (Å²) in [5.41, 5.74) is 4.87. The summed E-state index contributed by atoms with van der Waals surface area (Å²) in [6.45, 7) is 1.45. The van der Waals surface area contributed by atoms with Crippen LogP contribution in [0.2, 0.25) is 5.02 Å². The molecule has 3 aromatic carbocycles. The molecule has 0 saturated heterocycles. The van der Waals surface area contributed by atoms with Gasteiger partial charge in [0.05, 0.1) is 11.4 Å². The summed E-state index contributed by atoms with van der Waals surface area (Å²) >= 11 is 6.00. The number of rotatable bonds is 8. The highest BCUT2D eigenvalue weighted by molar-refractivity contribution is 6.30. The van der Waals surface area contributed by atoms with Crippen LogP contribution in [0.15, 0.2) is 85.2 Å². The third-order valence-electron chi connectivity index (χ3n) is 5.67. The quantitative estimate of drug-likeness (QED) is 0.267. The number of Topliss-reactive ketones (excluding diaryl/α,β-unsaturated/α-hetero) is 1. The first kappa shape index (κ1) is 23.7. The average molecular weight is 477 g/mol. The van der Waals surface area contributed by atoms with E-state index in [0.29, 0.717) is 5.02 Å². The zero-order chi connectivity index (χ0) is 24.1. The van der Waals surface area contributed by atoms with Gasteiger partial charge in [0.2, 0.25) is 0 Å². The Morgan fingerprint density at radius 1 is 0.765 bits per heavy atom. The molecule has 4 rings (SSSR count). The van der Waals surface area contributed by atoms with Gasteiger partial charge in [-0.1, -0.05) is 79.2 Å². The van der Waals surface area contributed by atoms with E-state index >= 15 is 0 Å². The van der Waals surface area contributed by atoms with E-state index in [1.54, 1.807) is 24.5 Å². The smallest absolute Gasteiger partial charge is 0.273 e. The second-order valence-electron chi connectivity index (χ2n) is 8.10. The van der Waals surface area contributed by atoms with Crippen molar-refractivity contribution in [2.75, 3.05) is 0 Å². The van der Waals surface area contributed by atoms with Crippen molar-refractivity contribution in [1.29, 1.82) is 0 Å². The van der Waals surface area contributed by atoms with Crippen LogP contribution >= 0.6 is 11.6 Å². The number of nitrogens with zero attached hydrogens (tertiary/aromatic N) is 2. The molecule has 172 valence electrons. The normalized spacial score (nSPS) is 11.4. The predicted octanol–water partition coefficient (Wildman–Crippen LogP) is 7.32. The molecule has 4 aromatic rings. The molecule has 0 radical (unpaired) electrons. The fraction of sp³-hybridized carbons (Fsp3) is 0.179. The number of hydrogen-bond donors (Lipinski definition) is 0. The summed E-state index contributed by atoms with van der Waals surface area (Å²) in [6, 6.07) is 21.1. The Balaban J connectivity index is 1.45. The molecule has 0 saturated carbocycles. The van der Waals surface area contributed by atoms with Crippen LogP contribution in [0.1, 0.15) is 30.0 Å². The van der Waals surface area contributed by atoms with E-state index in [4.69, 9.17) is 11.6 Å². The first-order valence-electron chi connectivity index (χ1n) is 11.0. The van der Waals surface area contributed by atoms with Crippen molar-refractivity contribution in [3.8, 4) is 22.5 Å². The van der Waals surface area contributed by atoms with Crippen LogP contribution in [0, 0.1) is 0 Å². The van der Waals surface area contributed by atoms with Gasteiger partial charge in [-0.15, -0.1) is 0 Å². The van der Waals surface area contributed by atoms with Crippen molar-refractivity contribution in [3.63, 3.8) is 0 Å². The van der Waals surface area contributed by atoms with Gasteiger partial charge in [0.1, 0.15) is 5.78 Å². The van der Waals surface area contributed by atoms with Crippen LogP contribution in [0.3, 0.4) is 0 Å². The maximum absolute atomic E-state index is 13.8. The van der Waals surface area contributed by atoms with Gasteiger partial charge in [-0.25, -0.2) is 8.78 Å². The molecule has 1 heterocycles. The van der Waals surface area contributed by atoms with E-state index in [1.165, 1.54) is 19.1 Å². The lowest BCUT2D eigenvalue weighted by Gasteiger charge is -2.14. The standard InChI is InChI=1S/C28H23ClF2N2O/c1-2-28(30,31)23-11-5-20(6-12-23)18-25(34)17-19-3-7-21(8-4-19)26-27(33-16-15-32-26)22-9-13-24(29)14-10-22/h3-16H,2,17-18H2,1H3. The molecule has 0 atom stereocenters. The van der Waals surface area contributed by atoms with Crippen LogP contribution in [-0.2, 0) is 23.6 Å². The maximum Gasteiger partial charge on any atom is 0.273 e. The first-order chi connectivity index (χ1) is 16.4. The fourth-order valence-corrected chi connectivity index (χ4v) is 3.86. The molecular weight excluding hydrogens is 454 g/mol. The van der Waals surface area contributed by atoms with Crippen LogP contribution in [0.4, 0.5) is 8.78 Å². The van der Waals surface area contributed by atoms with E-state index in [1.807, 2.05) is 48.5 Å². The van der Waals surface area contributed by atoms with E-state index in [9.17, 15) is 13.6 Å². The van der Waals surface area contributed by atoms with Crippen molar-refractivity contribution in [3.05, 3.63) is 107 Å². The summed E-state index contributed by atoms with van der Waals surface area (Å²) in [5.74, 6) is -2.83. The minimum Gasteiger partial charge on any atom is -0.299 e. The van der Waals surface area contributed by atoms with E-state index in [0.717, 1.165) is 33.6 Å². The topological polar surface area (TPSA) is 42.9 Å². The number of alkyl halides is 2. The third-order valence-corrected chi connectivity index (χ3v) is 5.92. The Kier molecular flexibility index (Phi) is 7.13. The molecule has 0 aliphatic carbocycles. The highest BCUT2D eigenvalue weighted by Crippen LogP contribution is 2.31. The second-order valence-corrected chi connectivity index (χ2v) is 8.54. The average Bonchev–Trinajstić information content (AvgIpc) is 2.85. The van der Waals surface area contributed by atoms with E-state index < -0.39 is 5.92 Å². The monoisotopic (exact) mass is 476 g/mol. The second kappa shape index (κ2) is 10.2.